The second-order valence-electron chi connectivity index (χ2n) is 4.18. The second kappa shape index (κ2) is 7.74. The van der Waals surface area contributed by atoms with Crippen molar-refractivity contribution in [1.29, 1.82) is 0 Å². The van der Waals surface area contributed by atoms with Crippen LogP contribution in [-0.2, 0) is 11.3 Å². The largest absolute Gasteiger partial charge is 0.484 e. The van der Waals surface area contributed by atoms with E-state index in [4.69, 9.17) is 0 Å². The summed E-state index contributed by atoms with van der Waals surface area (Å²) >= 11 is 0. The van der Waals surface area contributed by atoms with E-state index in [9.17, 15) is 18.0 Å². The molecule has 0 bridgehead atoms. The molecule has 4 nitrogen and oxygen atoms in total. The number of alkyl halides is 3. The third-order valence-corrected chi connectivity index (χ3v) is 2.42. The van der Waals surface area contributed by atoms with Gasteiger partial charge in [0.15, 0.2) is 6.61 Å². The van der Waals surface area contributed by atoms with Crippen molar-refractivity contribution in [1.82, 2.24) is 10.6 Å². The van der Waals surface area contributed by atoms with E-state index in [1.54, 1.807) is 19.2 Å². The smallest absolute Gasteiger partial charge is 0.422 e. The Kier molecular flexibility index (Phi) is 6.30. The van der Waals surface area contributed by atoms with Gasteiger partial charge in [0.2, 0.25) is 5.91 Å². The first-order chi connectivity index (χ1) is 9.40. The van der Waals surface area contributed by atoms with Crippen molar-refractivity contribution >= 4 is 5.91 Å². The zero-order valence-electron chi connectivity index (χ0n) is 11.1. The number of rotatable bonds is 7. The number of carbonyl (C=O) groups excluding carboxylic acids is 1. The molecule has 0 fully saturated rings. The third-order valence-electron chi connectivity index (χ3n) is 2.42. The Hall–Kier alpha value is -1.76. The lowest BCUT2D eigenvalue weighted by Crippen LogP contribution is -2.26. The molecular formula is C13H17F3N2O2. The SMILES string of the molecule is CNCCC(=O)NCc1ccc(OCC(F)(F)F)cc1. The first-order valence-corrected chi connectivity index (χ1v) is 6.10. The zero-order chi connectivity index (χ0) is 15.0. The van der Waals surface area contributed by atoms with Crippen LogP contribution in [0, 0.1) is 0 Å². The number of benzene rings is 1. The van der Waals surface area contributed by atoms with Crippen LogP contribution in [0.25, 0.3) is 0 Å². The number of hydrogen-bond donors (Lipinski definition) is 2. The first kappa shape index (κ1) is 16.3. The fraction of sp³-hybridized carbons (Fsp3) is 0.462. The summed E-state index contributed by atoms with van der Waals surface area (Å²) < 4.78 is 40.4. The number of nitrogens with one attached hydrogen (secondary N) is 2. The topological polar surface area (TPSA) is 50.4 Å². The number of halogens is 3. The zero-order valence-corrected chi connectivity index (χ0v) is 11.1. The maximum atomic E-state index is 12.0. The molecule has 1 aromatic rings. The minimum Gasteiger partial charge on any atom is -0.484 e. The van der Waals surface area contributed by atoms with E-state index in [-0.39, 0.29) is 11.7 Å². The van der Waals surface area contributed by atoms with Crippen molar-refractivity contribution in [3.63, 3.8) is 0 Å². The summed E-state index contributed by atoms with van der Waals surface area (Å²) in [5, 5.41) is 5.57. The van der Waals surface area contributed by atoms with Crippen LogP contribution in [0.15, 0.2) is 24.3 Å². The fourth-order valence-corrected chi connectivity index (χ4v) is 1.40. The molecule has 2 N–H and O–H groups in total. The van der Waals surface area contributed by atoms with E-state index in [1.165, 1.54) is 12.1 Å². The maximum Gasteiger partial charge on any atom is 0.422 e. The maximum absolute atomic E-state index is 12.0. The number of hydrogen-bond acceptors (Lipinski definition) is 3. The van der Waals surface area contributed by atoms with Gasteiger partial charge in [0.05, 0.1) is 0 Å². The molecule has 7 heteroatoms. The molecule has 0 aliphatic heterocycles. The van der Waals surface area contributed by atoms with Gasteiger partial charge in [-0.3, -0.25) is 4.79 Å². The van der Waals surface area contributed by atoms with Crippen LogP contribution in [0.2, 0.25) is 0 Å². The van der Waals surface area contributed by atoms with Crippen LogP contribution < -0.4 is 15.4 Å². The predicted octanol–water partition coefficient (Wildman–Crippen LogP) is 1.85. The van der Waals surface area contributed by atoms with Gasteiger partial charge in [0, 0.05) is 19.5 Å². The van der Waals surface area contributed by atoms with E-state index < -0.39 is 12.8 Å². The molecule has 0 heterocycles. The molecule has 0 aromatic heterocycles. The first-order valence-electron chi connectivity index (χ1n) is 6.10. The molecule has 20 heavy (non-hydrogen) atoms. The molecule has 1 amide bonds. The van der Waals surface area contributed by atoms with Gasteiger partial charge >= 0.3 is 6.18 Å². The molecule has 0 saturated heterocycles. The Balaban J connectivity index is 2.37. The minimum absolute atomic E-state index is 0.0863. The predicted molar refractivity (Wildman–Crippen MR) is 68.4 cm³/mol. The third kappa shape index (κ3) is 6.98. The number of carbonyl (C=O) groups is 1. The summed E-state index contributed by atoms with van der Waals surface area (Å²) in [6.07, 6.45) is -3.97. The fourth-order valence-electron chi connectivity index (χ4n) is 1.40. The lowest BCUT2D eigenvalue weighted by atomic mass is 10.2. The molecule has 0 spiro atoms. The van der Waals surface area contributed by atoms with Gasteiger partial charge < -0.3 is 15.4 Å². The molecule has 0 unspecified atom stereocenters. The summed E-state index contributed by atoms with van der Waals surface area (Å²) in [6.45, 7) is -0.384. The summed E-state index contributed by atoms with van der Waals surface area (Å²) in [7, 11) is 1.76. The van der Waals surface area contributed by atoms with Crippen LogP contribution in [0.4, 0.5) is 13.2 Å². The Morgan fingerprint density at radius 1 is 1.25 bits per heavy atom. The Morgan fingerprint density at radius 2 is 1.90 bits per heavy atom. The van der Waals surface area contributed by atoms with Gasteiger partial charge in [-0.25, -0.2) is 0 Å². The highest BCUT2D eigenvalue weighted by atomic mass is 19.4. The van der Waals surface area contributed by atoms with Crippen molar-refractivity contribution < 1.29 is 22.7 Å². The van der Waals surface area contributed by atoms with Crippen molar-refractivity contribution in [2.75, 3.05) is 20.2 Å². The quantitative estimate of drug-likeness (QED) is 0.806. The molecule has 1 rings (SSSR count). The van der Waals surface area contributed by atoms with Gasteiger partial charge in [-0.1, -0.05) is 12.1 Å². The molecule has 0 saturated carbocycles. The van der Waals surface area contributed by atoms with Crippen LogP contribution >= 0.6 is 0 Å². The monoisotopic (exact) mass is 290 g/mol. The molecule has 1 aromatic carbocycles. The summed E-state index contributed by atoms with van der Waals surface area (Å²) in [5.74, 6) is 0.0596. The molecule has 0 radical (unpaired) electrons. The highest BCUT2D eigenvalue weighted by Gasteiger charge is 2.28. The van der Waals surface area contributed by atoms with Crippen molar-refractivity contribution in [2.24, 2.45) is 0 Å². The normalized spacial score (nSPS) is 11.2. The Labute approximate surface area is 115 Å². The van der Waals surface area contributed by atoms with Crippen LogP contribution in [-0.4, -0.2) is 32.3 Å². The van der Waals surface area contributed by atoms with Crippen LogP contribution in [0.3, 0.4) is 0 Å². The van der Waals surface area contributed by atoms with Crippen molar-refractivity contribution in [2.45, 2.75) is 19.1 Å². The highest BCUT2D eigenvalue weighted by Crippen LogP contribution is 2.18. The standard InChI is InChI=1S/C13H17F3N2O2/c1-17-7-6-12(19)18-8-10-2-4-11(5-3-10)20-9-13(14,15)16/h2-5,17H,6-9H2,1H3,(H,18,19). The average Bonchev–Trinajstić information content (AvgIpc) is 2.41. The van der Waals surface area contributed by atoms with Crippen LogP contribution in [0.5, 0.6) is 5.75 Å². The summed E-state index contributed by atoms with van der Waals surface area (Å²) in [6, 6.07) is 6.12. The van der Waals surface area contributed by atoms with Crippen molar-refractivity contribution in [3.8, 4) is 5.75 Å². The number of amides is 1. The van der Waals surface area contributed by atoms with E-state index >= 15 is 0 Å². The molecule has 0 atom stereocenters. The van der Waals surface area contributed by atoms with E-state index in [0.29, 0.717) is 19.5 Å². The minimum atomic E-state index is -4.35. The Morgan fingerprint density at radius 3 is 2.45 bits per heavy atom. The average molecular weight is 290 g/mol. The van der Waals surface area contributed by atoms with E-state index in [2.05, 4.69) is 15.4 Å². The molecule has 0 aliphatic carbocycles. The Bertz CT molecular complexity index is 419. The van der Waals surface area contributed by atoms with E-state index in [0.717, 1.165) is 5.56 Å². The van der Waals surface area contributed by atoms with Gasteiger partial charge in [-0.15, -0.1) is 0 Å². The lowest BCUT2D eigenvalue weighted by molar-refractivity contribution is -0.153. The summed E-state index contributed by atoms with van der Waals surface area (Å²) in [4.78, 5) is 11.4. The molecule has 112 valence electrons. The van der Waals surface area contributed by atoms with Gasteiger partial charge in [0.25, 0.3) is 0 Å². The van der Waals surface area contributed by atoms with Crippen LogP contribution in [0.1, 0.15) is 12.0 Å². The van der Waals surface area contributed by atoms with Gasteiger partial charge in [-0.05, 0) is 24.7 Å². The highest BCUT2D eigenvalue weighted by molar-refractivity contribution is 5.76. The van der Waals surface area contributed by atoms with Gasteiger partial charge in [-0.2, -0.15) is 13.2 Å². The summed E-state index contributed by atoms with van der Waals surface area (Å²) in [5.41, 5.74) is 0.794. The van der Waals surface area contributed by atoms with Crippen molar-refractivity contribution in [3.05, 3.63) is 29.8 Å². The molecule has 0 aliphatic rings. The second-order valence-corrected chi connectivity index (χ2v) is 4.18. The van der Waals surface area contributed by atoms with Gasteiger partial charge in [0.1, 0.15) is 5.75 Å². The number of ether oxygens (including phenoxy) is 1. The lowest BCUT2D eigenvalue weighted by Gasteiger charge is -2.10. The van der Waals surface area contributed by atoms with E-state index in [1.807, 2.05) is 0 Å². The molecular weight excluding hydrogens is 273 g/mol.